The van der Waals surface area contributed by atoms with Gasteiger partial charge >= 0.3 is 0 Å². The summed E-state index contributed by atoms with van der Waals surface area (Å²) in [5.41, 5.74) is 0. The molecule has 1 rings (SSSR count). The predicted molar refractivity (Wildman–Crippen MR) is 101 cm³/mol. The maximum Gasteiger partial charge on any atom is 0.136 e. The van der Waals surface area contributed by atoms with Gasteiger partial charge in [0.25, 0.3) is 0 Å². The summed E-state index contributed by atoms with van der Waals surface area (Å²) in [6, 6.07) is 0.631. The first-order valence-electron chi connectivity index (χ1n) is 10.3. The Morgan fingerprint density at radius 1 is 0.870 bits per heavy atom. The van der Waals surface area contributed by atoms with Gasteiger partial charge in [-0.1, -0.05) is 58.8 Å². The van der Waals surface area contributed by atoms with Gasteiger partial charge in [0.2, 0.25) is 0 Å². The van der Waals surface area contributed by atoms with E-state index < -0.39 is 0 Å². The van der Waals surface area contributed by atoms with Gasteiger partial charge in [-0.3, -0.25) is 4.79 Å². The molecule has 0 atom stereocenters. The molecule has 2 heteroatoms. The molecule has 0 aromatic heterocycles. The highest BCUT2D eigenvalue weighted by Gasteiger charge is 2.25. The molecule has 1 fully saturated rings. The number of piperidine rings is 1. The average molecular weight is 324 g/mol. The maximum atomic E-state index is 12.3. The van der Waals surface area contributed by atoms with Crippen LogP contribution >= 0.6 is 0 Å². The quantitative estimate of drug-likeness (QED) is 0.420. The number of hydrogen-bond acceptors (Lipinski definition) is 2. The van der Waals surface area contributed by atoms with Gasteiger partial charge in [0.15, 0.2) is 0 Å². The van der Waals surface area contributed by atoms with Crippen LogP contribution in [0, 0.1) is 11.8 Å². The van der Waals surface area contributed by atoms with E-state index in [4.69, 9.17) is 0 Å². The highest BCUT2D eigenvalue weighted by Crippen LogP contribution is 2.22. The fourth-order valence-electron chi connectivity index (χ4n) is 3.68. The summed E-state index contributed by atoms with van der Waals surface area (Å²) in [7, 11) is 0. The Hall–Kier alpha value is -0.370. The van der Waals surface area contributed by atoms with Crippen molar-refractivity contribution < 1.29 is 4.79 Å². The summed E-state index contributed by atoms with van der Waals surface area (Å²) >= 11 is 0. The molecular weight excluding hydrogens is 282 g/mol. The molecule has 0 spiro atoms. The van der Waals surface area contributed by atoms with Crippen molar-refractivity contribution in [3.63, 3.8) is 0 Å². The van der Waals surface area contributed by atoms with E-state index in [1.165, 1.54) is 44.9 Å². The van der Waals surface area contributed by atoms with Gasteiger partial charge in [0.05, 0.1) is 0 Å². The lowest BCUT2D eigenvalue weighted by molar-refractivity contribution is -0.124. The van der Waals surface area contributed by atoms with Crippen LogP contribution in [-0.2, 0) is 4.79 Å². The van der Waals surface area contributed by atoms with Crippen molar-refractivity contribution in [1.82, 2.24) is 4.90 Å². The molecule has 0 N–H and O–H groups in total. The van der Waals surface area contributed by atoms with Crippen LogP contribution < -0.4 is 0 Å². The van der Waals surface area contributed by atoms with Crippen LogP contribution in [0.1, 0.15) is 98.3 Å². The van der Waals surface area contributed by atoms with Gasteiger partial charge in [0.1, 0.15) is 5.78 Å². The summed E-state index contributed by atoms with van der Waals surface area (Å²) in [5.74, 6) is 1.76. The first kappa shape index (κ1) is 20.7. The van der Waals surface area contributed by atoms with Crippen LogP contribution in [0.5, 0.6) is 0 Å². The van der Waals surface area contributed by atoms with Crippen LogP contribution in [0.4, 0.5) is 0 Å². The molecule has 1 aliphatic rings. The predicted octanol–water partition coefficient (Wildman–Crippen LogP) is 5.84. The first-order chi connectivity index (χ1) is 11.0. The topological polar surface area (TPSA) is 20.3 Å². The minimum absolute atomic E-state index is 0.362. The van der Waals surface area contributed by atoms with Crippen molar-refractivity contribution in [2.24, 2.45) is 11.8 Å². The highest BCUT2D eigenvalue weighted by molar-refractivity contribution is 5.81. The number of carbonyl (C=O) groups excluding carboxylic acids is 1. The second kappa shape index (κ2) is 12.1. The van der Waals surface area contributed by atoms with Gasteiger partial charge in [-0.05, 0) is 52.1 Å². The standard InChI is InChI=1S/C21H41NO/c1-18(2)12-10-8-6-5-7-9-11-13-21(23)20-14-16-22(17-15-20)19(3)4/h18-20H,5-17H2,1-4H3. The third kappa shape index (κ3) is 9.49. The van der Waals surface area contributed by atoms with Crippen molar-refractivity contribution >= 4 is 5.78 Å². The molecule has 23 heavy (non-hydrogen) atoms. The molecule has 0 amide bonds. The average Bonchev–Trinajstić information content (AvgIpc) is 2.52. The van der Waals surface area contributed by atoms with Crippen LogP contribution in [0.15, 0.2) is 0 Å². The Balaban J connectivity index is 1.94. The molecule has 0 aromatic carbocycles. The number of rotatable bonds is 12. The van der Waals surface area contributed by atoms with Crippen LogP contribution in [0.3, 0.4) is 0 Å². The molecule has 0 unspecified atom stereocenters. The highest BCUT2D eigenvalue weighted by atomic mass is 16.1. The van der Waals surface area contributed by atoms with Crippen molar-refractivity contribution in [2.45, 2.75) is 104 Å². The lowest BCUT2D eigenvalue weighted by atomic mass is 9.89. The number of ketones is 1. The molecule has 0 bridgehead atoms. The Morgan fingerprint density at radius 3 is 1.91 bits per heavy atom. The lowest BCUT2D eigenvalue weighted by Gasteiger charge is -2.34. The molecular formula is C21H41NO. The van der Waals surface area contributed by atoms with Gasteiger partial charge in [-0.25, -0.2) is 0 Å². The number of Topliss-reactive ketones (excluding diaryl/α,β-unsaturated/α-hetero) is 1. The zero-order valence-electron chi connectivity index (χ0n) is 16.3. The molecule has 2 nitrogen and oxygen atoms in total. The lowest BCUT2D eigenvalue weighted by Crippen LogP contribution is -2.40. The van der Waals surface area contributed by atoms with Gasteiger partial charge < -0.3 is 4.90 Å². The molecule has 1 saturated heterocycles. The van der Waals surface area contributed by atoms with Gasteiger partial charge in [-0.15, -0.1) is 0 Å². The first-order valence-corrected chi connectivity index (χ1v) is 10.3. The monoisotopic (exact) mass is 323 g/mol. The molecule has 1 aliphatic heterocycles. The second-order valence-corrected chi connectivity index (χ2v) is 8.28. The fourth-order valence-corrected chi connectivity index (χ4v) is 3.68. The summed E-state index contributed by atoms with van der Waals surface area (Å²) < 4.78 is 0. The van der Waals surface area contributed by atoms with E-state index in [1.54, 1.807) is 0 Å². The second-order valence-electron chi connectivity index (χ2n) is 8.28. The van der Waals surface area contributed by atoms with E-state index in [0.29, 0.717) is 17.7 Å². The molecule has 0 saturated carbocycles. The minimum Gasteiger partial charge on any atom is -0.301 e. The van der Waals surface area contributed by atoms with Crippen LogP contribution in [0.2, 0.25) is 0 Å². The zero-order valence-corrected chi connectivity index (χ0v) is 16.3. The number of carbonyl (C=O) groups is 1. The molecule has 0 aliphatic carbocycles. The van der Waals surface area contributed by atoms with Crippen molar-refractivity contribution in [3.05, 3.63) is 0 Å². The smallest absolute Gasteiger partial charge is 0.136 e. The summed E-state index contributed by atoms with van der Waals surface area (Å²) in [5, 5.41) is 0. The zero-order chi connectivity index (χ0) is 17.1. The van der Waals surface area contributed by atoms with E-state index in [0.717, 1.165) is 44.7 Å². The maximum absolute atomic E-state index is 12.3. The third-order valence-electron chi connectivity index (χ3n) is 5.42. The van der Waals surface area contributed by atoms with Crippen LogP contribution in [0.25, 0.3) is 0 Å². The van der Waals surface area contributed by atoms with E-state index in [1.807, 2.05) is 0 Å². The van der Waals surface area contributed by atoms with E-state index >= 15 is 0 Å². The number of unbranched alkanes of at least 4 members (excludes halogenated alkanes) is 6. The largest absolute Gasteiger partial charge is 0.301 e. The number of likely N-dealkylation sites (tertiary alicyclic amines) is 1. The third-order valence-corrected chi connectivity index (χ3v) is 5.42. The minimum atomic E-state index is 0.362. The van der Waals surface area contributed by atoms with Gasteiger partial charge in [-0.2, -0.15) is 0 Å². The Kier molecular flexibility index (Phi) is 10.8. The van der Waals surface area contributed by atoms with Crippen molar-refractivity contribution in [3.8, 4) is 0 Å². The Labute approximate surface area is 145 Å². The van der Waals surface area contributed by atoms with Crippen molar-refractivity contribution in [1.29, 1.82) is 0 Å². The van der Waals surface area contributed by atoms with E-state index in [2.05, 4.69) is 32.6 Å². The SMILES string of the molecule is CC(C)CCCCCCCCCC(=O)C1CCN(C(C)C)CC1. The fraction of sp³-hybridized carbons (Fsp3) is 0.952. The molecule has 0 radical (unpaired) electrons. The molecule has 0 aromatic rings. The van der Waals surface area contributed by atoms with Gasteiger partial charge in [0, 0.05) is 18.4 Å². The molecule has 1 heterocycles. The normalized spacial score (nSPS) is 17.3. The summed E-state index contributed by atoms with van der Waals surface area (Å²) in [4.78, 5) is 14.8. The Bertz CT molecular complexity index is 303. The Morgan fingerprint density at radius 2 is 1.39 bits per heavy atom. The molecule has 136 valence electrons. The van der Waals surface area contributed by atoms with E-state index in [9.17, 15) is 4.79 Å². The number of nitrogens with zero attached hydrogens (tertiary/aromatic N) is 1. The van der Waals surface area contributed by atoms with Crippen LogP contribution in [-0.4, -0.2) is 29.8 Å². The summed E-state index contributed by atoms with van der Waals surface area (Å²) in [6.07, 6.45) is 13.6. The number of hydrogen-bond donors (Lipinski definition) is 0. The summed E-state index contributed by atoms with van der Waals surface area (Å²) in [6.45, 7) is 11.4. The van der Waals surface area contributed by atoms with Crippen molar-refractivity contribution in [2.75, 3.05) is 13.1 Å². The van der Waals surface area contributed by atoms with E-state index in [-0.39, 0.29) is 0 Å².